The van der Waals surface area contributed by atoms with Crippen LogP contribution in [0, 0.1) is 19.8 Å². The van der Waals surface area contributed by atoms with Crippen LogP contribution < -0.4 is 5.32 Å². The molecule has 6 nitrogen and oxygen atoms in total. The third-order valence-corrected chi connectivity index (χ3v) is 5.65. The van der Waals surface area contributed by atoms with E-state index in [4.69, 9.17) is 0 Å². The molecule has 1 saturated heterocycles. The highest BCUT2D eigenvalue weighted by atomic mass is 32.2. The zero-order chi connectivity index (χ0) is 15.0. The van der Waals surface area contributed by atoms with Crippen LogP contribution >= 0.6 is 0 Å². The van der Waals surface area contributed by atoms with Crippen LogP contribution in [0.15, 0.2) is 12.4 Å². The molecular weight excluding hydrogens is 288 g/mol. The number of pyridine rings is 1. The van der Waals surface area contributed by atoms with E-state index in [1.807, 2.05) is 19.9 Å². The number of hydrogen-bond acceptors (Lipinski definition) is 6. The second-order valence-corrected chi connectivity index (χ2v) is 7.88. The minimum absolute atomic E-state index is 0.152. The Hall–Kier alpha value is -1.76. The first kappa shape index (κ1) is 14.2. The second-order valence-electron chi connectivity index (χ2n) is 5.65. The Kier molecular flexibility index (Phi) is 3.52. The van der Waals surface area contributed by atoms with E-state index in [0.717, 1.165) is 22.5 Å². The molecule has 0 aliphatic carbocycles. The van der Waals surface area contributed by atoms with Crippen molar-refractivity contribution in [1.29, 1.82) is 0 Å². The summed E-state index contributed by atoms with van der Waals surface area (Å²) in [6.07, 6.45) is 2.20. The summed E-state index contributed by atoms with van der Waals surface area (Å²) in [6.45, 7) is 4.55. The summed E-state index contributed by atoms with van der Waals surface area (Å²) in [5, 5.41) is 4.18. The average molecular weight is 306 g/mol. The van der Waals surface area contributed by atoms with Crippen LogP contribution in [0.25, 0.3) is 11.0 Å². The zero-order valence-electron chi connectivity index (χ0n) is 12.1. The van der Waals surface area contributed by atoms with E-state index in [-0.39, 0.29) is 11.7 Å². The molecule has 1 N–H and O–H groups in total. The zero-order valence-corrected chi connectivity index (χ0v) is 12.9. The van der Waals surface area contributed by atoms with Crippen molar-refractivity contribution >= 4 is 26.7 Å². The summed E-state index contributed by atoms with van der Waals surface area (Å²) >= 11 is 0. The van der Waals surface area contributed by atoms with Gasteiger partial charge in [-0.25, -0.2) is 23.4 Å². The maximum absolute atomic E-state index is 11.5. The van der Waals surface area contributed by atoms with E-state index in [1.54, 1.807) is 0 Å². The molecule has 0 amide bonds. The number of sulfone groups is 1. The topological polar surface area (TPSA) is 84.8 Å². The molecule has 21 heavy (non-hydrogen) atoms. The number of aromatic nitrogens is 3. The Bertz CT molecular complexity index is 789. The lowest BCUT2D eigenvalue weighted by molar-refractivity contribution is 0.596. The molecule has 112 valence electrons. The van der Waals surface area contributed by atoms with Gasteiger partial charge in [-0.05, 0) is 37.8 Å². The van der Waals surface area contributed by atoms with Gasteiger partial charge >= 0.3 is 0 Å². The first-order chi connectivity index (χ1) is 9.94. The fraction of sp³-hybridized carbons (Fsp3) is 0.500. The smallest absolute Gasteiger partial charge is 0.165 e. The SMILES string of the molecule is Cc1cc(C)c2c(NC[C@@H]3CCS(=O)(=O)C3)ncnc2n1. The summed E-state index contributed by atoms with van der Waals surface area (Å²) in [6, 6.07) is 2.00. The van der Waals surface area contributed by atoms with Gasteiger partial charge in [0.2, 0.25) is 0 Å². The minimum Gasteiger partial charge on any atom is -0.369 e. The van der Waals surface area contributed by atoms with Gasteiger partial charge in [0.25, 0.3) is 0 Å². The number of nitrogens with zero attached hydrogens (tertiary/aromatic N) is 3. The van der Waals surface area contributed by atoms with Crippen molar-refractivity contribution in [1.82, 2.24) is 15.0 Å². The summed E-state index contributed by atoms with van der Waals surface area (Å²) in [5.41, 5.74) is 2.66. The molecule has 0 spiro atoms. The summed E-state index contributed by atoms with van der Waals surface area (Å²) < 4.78 is 23.0. The first-order valence-corrected chi connectivity index (χ1v) is 8.80. The normalized spacial score (nSPS) is 20.8. The number of aryl methyl sites for hydroxylation is 2. The minimum atomic E-state index is -2.84. The van der Waals surface area contributed by atoms with Gasteiger partial charge in [0.15, 0.2) is 15.5 Å². The van der Waals surface area contributed by atoms with Gasteiger partial charge in [-0.1, -0.05) is 0 Å². The Labute approximate surface area is 123 Å². The number of nitrogens with one attached hydrogen (secondary N) is 1. The fourth-order valence-electron chi connectivity index (χ4n) is 2.82. The highest BCUT2D eigenvalue weighted by molar-refractivity contribution is 7.91. The first-order valence-electron chi connectivity index (χ1n) is 6.98. The van der Waals surface area contributed by atoms with Crippen molar-refractivity contribution in [2.24, 2.45) is 5.92 Å². The molecule has 0 saturated carbocycles. The van der Waals surface area contributed by atoms with Gasteiger partial charge in [0.1, 0.15) is 12.1 Å². The maximum atomic E-state index is 11.5. The van der Waals surface area contributed by atoms with Crippen molar-refractivity contribution in [2.75, 3.05) is 23.4 Å². The Morgan fingerprint density at radius 3 is 2.86 bits per heavy atom. The molecule has 0 aromatic carbocycles. The highest BCUT2D eigenvalue weighted by Gasteiger charge is 2.27. The van der Waals surface area contributed by atoms with Crippen molar-refractivity contribution in [3.05, 3.63) is 23.7 Å². The predicted molar refractivity (Wildman–Crippen MR) is 82.1 cm³/mol. The summed E-state index contributed by atoms with van der Waals surface area (Å²) in [7, 11) is -2.84. The standard InChI is InChI=1S/C14H18N4O2S/c1-9-5-10(2)18-14-12(9)13(16-8-17-14)15-6-11-3-4-21(19,20)7-11/h5,8,11H,3-4,6-7H2,1-2H3,(H,15,16,17,18)/t11-/m0/s1. The molecule has 0 bridgehead atoms. The lowest BCUT2D eigenvalue weighted by Crippen LogP contribution is -2.16. The summed E-state index contributed by atoms with van der Waals surface area (Å²) in [4.78, 5) is 12.9. The van der Waals surface area contributed by atoms with Gasteiger partial charge in [-0.2, -0.15) is 0 Å². The largest absolute Gasteiger partial charge is 0.369 e. The van der Waals surface area contributed by atoms with Crippen LogP contribution in [0.1, 0.15) is 17.7 Å². The molecule has 1 fully saturated rings. The third kappa shape index (κ3) is 2.97. The van der Waals surface area contributed by atoms with E-state index in [1.165, 1.54) is 6.33 Å². The van der Waals surface area contributed by atoms with Crippen LogP contribution in [-0.2, 0) is 9.84 Å². The van der Waals surface area contributed by atoms with E-state index in [0.29, 0.717) is 24.4 Å². The number of hydrogen-bond donors (Lipinski definition) is 1. The van der Waals surface area contributed by atoms with Crippen LogP contribution in [0.5, 0.6) is 0 Å². The van der Waals surface area contributed by atoms with Crippen LogP contribution in [0.3, 0.4) is 0 Å². The summed E-state index contributed by atoms with van der Waals surface area (Å²) in [5.74, 6) is 1.44. The third-order valence-electron chi connectivity index (χ3n) is 3.81. The van der Waals surface area contributed by atoms with E-state index in [9.17, 15) is 8.42 Å². The van der Waals surface area contributed by atoms with Crippen LogP contribution in [-0.4, -0.2) is 41.4 Å². The molecule has 1 atom stereocenters. The average Bonchev–Trinajstić information content (AvgIpc) is 2.75. The molecule has 7 heteroatoms. The maximum Gasteiger partial charge on any atom is 0.165 e. The highest BCUT2D eigenvalue weighted by Crippen LogP contribution is 2.24. The Morgan fingerprint density at radius 2 is 2.14 bits per heavy atom. The molecule has 2 aromatic heterocycles. The number of fused-ring (bicyclic) bond motifs is 1. The Balaban J connectivity index is 1.85. The van der Waals surface area contributed by atoms with Gasteiger partial charge < -0.3 is 5.32 Å². The quantitative estimate of drug-likeness (QED) is 0.924. The van der Waals surface area contributed by atoms with Gasteiger partial charge in [0.05, 0.1) is 16.9 Å². The van der Waals surface area contributed by atoms with Crippen molar-refractivity contribution in [2.45, 2.75) is 20.3 Å². The molecule has 0 unspecified atom stereocenters. The van der Waals surface area contributed by atoms with Crippen molar-refractivity contribution in [3.63, 3.8) is 0 Å². The monoisotopic (exact) mass is 306 g/mol. The van der Waals surface area contributed by atoms with Crippen LogP contribution in [0.2, 0.25) is 0 Å². The van der Waals surface area contributed by atoms with Gasteiger partial charge in [-0.15, -0.1) is 0 Å². The van der Waals surface area contributed by atoms with E-state index >= 15 is 0 Å². The lowest BCUT2D eigenvalue weighted by atomic mass is 10.1. The predicted octanol–water partition coefficient (Wildman–Crippen LogP) is 1.49. The molecule has 3 heterocycles. The number of rotatable bonds is 3. The second kappa shape index (κ2) is 5.22. The molecule has 1 aliphatic rings. The fourth-order valence-corrected chi connectivity index (χ4v) is 4.68. The van der Waals surface area contributed by atoms with E-state index < -0.39 is 9.84 Å². The molecule has 2 aromatic rings. The van der Waals surface area contributed by atoms with Gasteiger partial charge in [-0.3, -0.25) is 0 Å². The van der Waals surface area contributed by atoms with Crippen molar-refractivity contribution in [3.8, 4) is 0 Å². The Morgan fingerprint density at radius 1 is 1.33 bits per heavy atom. The molecular formula is C14H18N4O2S. The van der Waals surface area contributed by atoms with Gasteiger partial charge in [0, 0.05) is 12.2 Å². The number of anilines is 1. The van der Waals surface area contributed by atoms with E-state index in [2.05, 4.69) is 20.3 Å². The molecule has 0 radical (unpaired) electrons. The molecule has 3 rings (SSSR count). The van der Waals surface area contributed by atoms with Crippen LogP contribution in [0.4, 0.5) is 5.82 Å². The lowest BCUT2D eigenvalue weighted by Gasteiger charge is -2.13. The molecule has 1 aliphatic heterocycles. The van der Waals surface area contributed by atoms with Crippen molar-refractivity contribution < 1.29 is 8.42 Å².